The van der Waals surface area contributed by atoms with Crippen LogP contribution in [0.5, 0.6) is 0 Å². The quantitative estimate of drug-likeness (QED) is 0.846. The van der Waals surface area contributed by atoms with Crippen LogP contribution in [0, 0.1) is 6.92 Å². The van der Waals surface area contributed by atoms with Gasteiger partial charge in [0.2, 0.25) is 0 Å². The molecular formula is C16H21N3O2. The number of carboxylic acid groups (broad SMARTS) is 1. The maximum absolute atomic E-state index is 11.9. The van der Waals surface area contributed by atoms with Gasteiger partial charge < -0.3 is 10.8 Å². The molecule has 0 fully saturated rings. The molecule has 0 amide bonds. The van der Waals surface area contributed by atoms with Crippen molar-refractivity contribution in [2.75, 3.05) is 6.54 Å². The zero-order valence-electron chi connectivity index (χ0n) is 12.4. The molecule has 0 saturated heterocycles. The van der Waals surface area contributed by atoms with E-state index in [1.54, 1.807) is 10.9 Å². The molecule has 5 heteroatoms. The SMILES string of the molecule is Cc1cccc(C(CN)(CCc2cnn(C)c2)C(=O)O)c1. The average Bonchev–Trinajstić information content (AvgIpc) is 2.85. The van der Waals surface area contributed by atoms with Crippen LogP contribution in [-0.4, -0.2) is 27.4 Å². The molecule has 1 unspecified atom stereocenters. The van der Waals surface area contributed by atoms with Gasteiger partial charge in [-0.1, -0.05) is 29.8 Å². The van der Waals surface area contributed by atoms with Gasteiger partial charge in [0.1, 0.15) is 5.41 Å². The number of aliphatic carboxylic acids is 1. The van der Waals surface area contributed by atoms with Gasteiger partial charge in [0.25, 0.3) is 0 Å². The molecule has 5 nitrogen and oxygen atoms in total. The van der Waals surface area contributed by atoms with Gasteiger partial charge in [-0.25, -0.2) is 0 Å². The predicted octanol–water partition coefficient (Wildman–Crippen LogP) is 1.64. The number of nitrogens with zero attached hydrogens (tertiary/aromatic N) is 2. The van der Waals surface area contributed by atoms with Crippen molar-refractivity contribution >= 4 is 5.97 Å². The third-order valence-corrected chi connectivity index (χ3v) is 3.93. The molecule has 0 radical (unpaired) electrons. The Balaban J connectivity index is 2.30. The van der Waals surface area contributed by atoms with E-state index in [1.165, 1.54) is 0 Å². The summed E-state index contributed by atoms with van der Waals surface area (Å²) in [7, 11) is 1.84. The average molecular weight is 287 g/mol. The van der Waals surface area contributed by atoms with Gasteiger partial charge in [-0.3, -0.25) is 9.48 Å². The maximum Gasteiger partial charge on any atom is 0.315 e. The maximum atomic E-state index is 11.9. The Bertz CT molecular complexity index is 636. The molecule has 0 saturated carbocycles. The third kappa shape index (κ3) is 3.13. The topological polar surface area (TPSA) is 81.1 Å². The molecule has 3 N–H and O–H groups in total. The van der Waals surface area contributed by atoms with Crippen LogP contribution in [0.15, 0.2) is 36.7 Å². The van der Waals surface area contributed by atoms with E-state index in [0.717, 1.165) is 16.7 Å². The standard InChI is InChI=1S/C16H21N3O2/c1-12-4-3-5-14(8-12)16(11-17,15(20)21)7-6-13-9-18-19(2)10-13/h3-5,8-10H,6-7,11,17H2,1-2H3,(H,20,21). The molecule has 0 bridgehead atoms. The van der Waals surface area contributed by atoms with Gasteiger partial charge in [-0.15, -0.1) is 0 Å². The number of rotatable bonds is 6. The number of aromatic nitrogens is 2. The molecule has 0 aliphatic rings. The summed E-state index contributed by atoms with van der Waals surface area (Å²) in [5.74, 6) is -0.875. The largest absolute Gasteiger partial charge is 0.481 e. The fourth-order valence-corrected chi connectivity index (χ4v) is 2.58. The van der Waals surface area contributed by atoms with Crippen LogP contribution < -0.4 is 5.73 Å². The molecule has 21 heavy (non-hydrogen) atoms. The highest BCUT2D eigenvalue weighted by atomic mass is 16.4. The van der Waals surface area contributed by atoms with E-state index in [0.29, 0.717) is 12.8 Å². The van der Waals surface area contributed by atoms with Crippen molar-refractivity contribution in [3.05, 3.63) is 53.3 Å². The minimum atomic E-state index is -1.05. The number of hydrogen-bond donors (Lipinski definition) is 2. The van der Waals surface area contributed by atoms with E-state index in [4.69, 9.17) is 5.73 Å². The molecule has 1 aromatic heterocycles. The summed E-state index contributed by atoms with van der Waals surface area (Å²) in [4.78, 5) is 11.9. The van der Waals surface area contributed by atoms with Crippen LogP contribution in [0.4, 0.5) is 0 Å². The van der Waals surface area contributed by atoms with Gasteiger partial charge in [0, 0.05) is 19.8 Å². The second-order valence-electron chi connectivity index (χ2n) is 5.48. The van der Waals surface area contributed by atoms with Crippen LogP contribution in [0.3, 0.4) is 0 Å². The smallest absolute Gasteiger partial charge is 0.315 e. The van der Waals surface area contributed by atoms with E-state index >= 15 is 0 Å². The van der Waals surface area contributed by atoms with Crippen molar-refractivity contribution < 1.29 is 9.90 Å². The minimum Gasteiger partial charge on any atom is -0.481 e. The lowest BCUT2D eigenvalue weighted by molar-refractivity contribution is -0.143. The molecule has 2 rings (SSSR count). The molecular weight excluding hydrogens is 266 g/mol. The molecule has 0 spiro atoms. The highest BCUT2D eigenvalue weighted by Crippen LogP contribution is 2.30. The van der Waals surface area contributed by atoms with Gasteiger partial charge in [0.15, 0.2) is 0 Å². The van der Waals surface area contributed by atoms with Crippen molar-refractivity contribution in [1.82, 2.24) is 9.78 Å². The van der Waals surface area contributed by atoms with Crippen molar-refractivity contribution in [2.45, 2.75) is 25.2 Å². The summed E-state index contributed by atoms with van der Waals surface area (Å²) in [5, 5.41) is 13.9. The Morgan fingerprint density at radius 3 is 2.76 bits per heavy atom. The van der Waals surface area contributed by atoms with E-state index in [-0.39, 0.29) is 6.54 Å². The first-order chi connectivity index (χ1) is 9.98. The fourth-order valence-electron chi connectivity index (χ4n) is 2.58. The molecule has 1 heterocycles. The summed E-state index contributed by atoms with van der Waals surface area (Å²) in [5.41, 5.74) is 7.62. The lowest BCUT2D eigenvalue weighted by Gasteiger charge is -2.28. The first-order valence-electron chi connectivity index (χ1n) is 6.96. The van der Waals surface area contributed by atoms with E-state index in [2.05, 4.69) is 5.10 Å². The van der Waals surface area contributed by atoms with Crippen LogP contribution in [-0.2, 0) is 23.7 Å². The van der Waals surface area contributed by atoms with Gasteiger partial charge in [-0.05, 0) is 30.9 Å². The molecule has 1 aromatic carbocycles. The van der Waals surface area contributed by atoms with Gasteiger partial charge >= 0.3 is 5.97 Å². The van der Waals surface area contributed by atoms with Crippen molar-refractivity contribution in [3.63, 3.8) is 0 Å². The zero-order valence-corrected chi connectivity index (χ0v) is 12.4. The van der Waals surface area contributed by atoms with Crippen LogP contribution >= 0.6 is 0 Å². The summed E-state index contributed by atoms with van der Waals surface area (Å²) < 4.78 is 1.72. The minimum absolute atomic E-state index is 0.0754. The van der Waals surface area contributed by atoms with E-state index < -0.39 is 11.4 Å². The lowest BCUT2D eigenvalue weighted by atomic mass is 9.75. The Kier molecular flexibility index (Phi) is 4.43. The number of aryl methyl sites for hydroxylation is 3. The highest BCUT2D eigenvalue weighted by Gasteiger charge is 2.38. The Hall–Kier alpha value is -2.14. The highest BCUT2D eigenvalue weighted by molar-refractivity contribution is 5.82. The Morgan fingerprint density at radius 2 is 2.24 bits per heavy atom. The normalized spacial score (nSPS) is 13.9. The Morgan fingerprint density at radius 1 is 1.48 bits per heavy atom. The van der Waals surface area contributed by atoms with Crippen molar-refractivity contribution in [3.8, 4) is 0 Å². The van der Waals surface area contributed by atoms with Crippen LogP contribution in [0.1, 0.15) is 23.1 Å². The van der Waals surface area contributed by atoms with Crippen LogP contribution in [0.25, 0.3) is 0 Å². The Labute approximate surface area is 124 Å². The summed E-state index contributed by atoms with van der Waals surface area (Å²) in [6, 6.07) is 7.58. The van der Waals surface area contributed by atoms with Gasteiger partial charge in [-0.2, -0.15) is 5.10 Å². The molecule has 0 aliphatic carbocycles. The van der Waals surface area contributed by atoms with Crippen LogP contribution in [0.2, 0.25) is 0 Å². The van der Waals surface area contributed by atoms with E-state index in [1.807, 2.05) is 44.4 Å². The molecule has 0 aliphatic heterocycles. The van der Waals surface area contributed by atoms with Crippen molar-refractivity contribution in [1.29, 1.82) is 0 Å². The predicted molar refractivity (Wildman–Crippen MR) is 81.1 cm³/mol. The summed E-state index contributed by atoms with van der Waals surface area (Å²) >= 11 is 0. The molecule has 1 atom stereocenters. The number of carbonyl (C=O) groups is 1. The van der Waals surface area contributed by atoms with E-state index in [9.17, 15) is 9.90 Å². The van der Waals surface area contributed by atoms with Crippen molar-refractivity contribution in [2.24, 2.45) is 12.8 Å². The summed E-state index contributed by atoms with van der Waals surface area (Å²) in [6.07, 6.45) is 4.75. The lowest BCUT2D eigenvalue weighted by Crippen LogP contribution is -2.43. The fraction of sp³-hybridized carbons (Fsp3) is 0.375. The first-order valence-corrected chi connectivity index (χ1v) is 6.96. The number of benzene rings is 1. The second kappa shape index (κ2) is 6.10. The third-order valence-electron chi connectivity index (χ3n) is 3.93. The molecule has 2 aromatic rings. The second-order valence-corrected chi connectivity index (χ2v) is 5.48. The number of hydrogen-bond acceptors (Lipinski definition) is 3. The first kappa shape index (κ1) is 15.3. The monoisotopic (exact) mass is 287 g/mol. The number of nitrogens with two attached hydrogens (primary N) is 1. The molecule has 112 valence electrons. The number of carboxylic acids is 1. The summed E-state index contributed by atoms with van der Waals surface area (Å²) in [6.45, 7) is 2.03. The van der Waals surface area contributed by atoms with Gasteiger partial charge in [0.05, 0.1) is 6.20 Å². The zero-order chi connectivity index (χ0) is 15.5.